The molecule has 0 amide bonds. The molecule has 1 N–H and O–H groups in total. The molecule has 3 atom stereocenters. The summed E-state index contributed by atoms with van der Waals surface area (Å²) in [6.07, 6.45) is 8.48. The van der Waals surface area contributed by atoms with Gasteiger partial charge in [0.15, 0.2) is 0 Å². The number of nitrogens with zero attached hydrogens (tertiary/aromatic N) is 2. The predicted molar refractivity (Wildman–Crippen MR) is 123 cm³/mol. The number of likely N-dealkylation sites (tertiary alicyclic amines) is 2. The van der Waals surface area contributed by atoms with E-state index in [0.717, 1.165) is 51.3 Å². The lowest BCUT2D eigenvalue weighted by molar-refractivity contribution is 0.160. The fraction of sp³-hybridized carbons (Fsp3) is 0.739. The van der Waals surface area contributed by atoms with Crippen LogP contribution in [0.25, 0.3) is 0 Å². The molecule has 1 aromatic rings. The van der Waals surface area contributed by atoms with Gasteiger partial charge in [-0.3, -0.25) is 4.90 Å². The summed E-state index contributed by atoms with van der Waals surface area (Å²) >= 11 is 0. The third kappa shape index (κ3) is 7.00. The van der Waals surface area contributed by atoms with Gasteiger partial charge in [-0.15, -0.1) is 24.8 Å². The van der Waals surface area contributed by atoms with E-state index in [2.05, 4.69) is 34.1 Å². The van der Waals surface area contributed by atoms with Crippen molar-refractivity contribution in [1.29, 1.82) is 0 Å². The lowest BCUT2D eigenvalue weighted by Gasteiger charge is -2.26. The van der Waals surface area contributed by atoms with Gasteiger partial charge in [0.25, 0.3) is 0 Å². The first-order chi connectivity index (χ1) is 13.3. The van der Waals surface area contributed by atoms with Gasteiger partial charge in [0.05, 0.1) is 12.7 Å². The molecule has 1 aliphatic carbocycles. The van der Waals surface area contributed by atoms with Gasteiger partial charge in [-0.05, 0) is 76.1 Å². The van der Waals surface area contributed by atoms with Crippen LogP contribution in [-0.4, -0.2) is 60.3 Å². The number of ether oxygens (including phenoxy) is 1. The van der Waals surface area contributed by atoms with Crippen molar-refractivity contribution in [3.8, 4) is 5.75 Å². The Morgan fingerprint density at radius 1 is 0.897 bits per heavy atom. The van der Waals surface area contributed by atoms with Crippen LogP contribution in [0.3, 0.4) is 0 Å². The summed E-state index contributed by atoms with van der Waals surface area (Å²) in [5, 5.41) is 9.84. The number of para-hydroxylation sites is 1. The van der Waals surface area contributed by atoms with Gasteiger partial charge in [-0.2, -0.15) is 0 Å². The highest BCUT2D eigenvalue weighted by Crippen LogP contribution is 2.38. The van der Waals surface area contributed by atoms with Crippen LogP contribution in [0.5, 0.6) is 5.75 Å². The number of rotatable bonds is 8. The van der Waals surface area contributed by atoms with E-state index in [4.69, 9.17) is 4.74 Å². The highest BCUT2D eigenvalue weighted by Gasteiger charge is 2.40. The van der Waals surface area contributed by atoms with E-state index in [1.807, 2.05) is 0 Å². The van der Waals surface area contributed by atoms with Crippen LogP contribution in [0.2, 0.25) is 0 Å². The van der Waals surface area contributed by atoms with Gasteiger partial charge in [0.2, 0.25) is 0 Å². The molecular formula is C23H38Cl2N2O2. The third-order valence-electron chi connectivity index (χ3n) is 6.74. The van der Waals surface area contributed by atoms with E-state index in [9.17, 15) is 5.11 Å². The molecule has 2 saturated heterocycles. The van der Waals surface area contributed by atoms with Gasteiger partial charge in [0.1, 0.15) is 5.75 Å². The van der Waals surface area contributed by atoms with Crippen LogP contribution < -0.4 is 4.74 Å². The molecule has 0 aromatic heterocycles. The van der Waals surface area contributed by atoms with E-state index in [1.54, 1.807) is 0 Å². The molecule has 2 aliphatic heterocycles. The highest BCUT2D eigenvalue weighted by molar-refractivity contribution is 5.85. The molecule has 0 spiro atoms. The predicted octanol–water partition coefficient (Wildman–Crippen LogP) is 4.38. The number of unbranched alkanes of at least 4 members (excludes halogenated alkanes) is 1. The summed E-state index contributed by atoms with van der Waals surface area (Å²) in [7, 11) is 0. The van der Waals surface area contributed by atoms with Crippen LogP contribution in [0.1, 0.15) is 50.5 Å². The molecule has 1 unspecified atom stereocenters. The minimum atomic E-state index is -0.0530. The minimum Gasteiger partial charge on any atom is -0.493 e. The quantitative estimate of drug-likeness (QED) is 0.603. The second kappa shape index (κ2) is 12.4. The number of aliphatic hydroxyl groups is 1. The molecule has 0 bridgehead atoms. The highest BCUT2D eigenvalue weighted by atomic mass is 35.5. The average Bonchev–Trinajstić information content (AvgIpc) is 3.20. The number of halogens is 2. The summed E-state index contributed by atoms with van der Waals surface area (Å²) in [4.78, 5) is 5.17. The van der Waals surface area contributed by atoms with E-state index in [-0.39, 0.29) is 30.9 Å². The molecule has 2 heterocycles. The average molecular weight is 445 g/mol. The van der Waals surface area contributed by atoms with Crippen molar-refractivity contribution in [2.75, 3.05) is 39.3 Å². The monoisotopic (exact) mass is 444 g/mol. The van der Waals surface area contributed by atoms with Crippen molar-refractivity contribution in [3.05, 3.63) is 29.8 Å². The summed E-state index contributed by atoms with van der Waals surface area (Å²) < 4.78 is 6.16. The van der Waals surface area contributed by atoms with Crippen molar-refractivity contribution >= 4 is 24.8 Å². The van der Waals surface area contributed by atoms with Crippen LogP contribution in [0.15, 0.2) is 24.3 Å². The Morgan fingerprint density at radius 2 is 1.59 bits per heavy atom. The number of hydrogen-bond acceptors (Lipinski definition) is 4. The Balaban J connectivity index is 0.00000150. The van der Waals surface area contributed by atoms with E-state index in [1.165, 1.54) is 50.9 Å². The lowest BCUT2D eigenvalue weighted by atomic mass is 10.0. The number of aliphatic hydroxyl groups excluding tert-OH is 1. The zero-order chi connectivity index (χ0) is 18.5. The van der Waals surface area contributed by atoms with Gasteiger partial charge in [-0.25, -0.2) is 0 Å². The molecule has 3 fully saturated rings. The maximum absolute atomic E-state index is 9.84. The summed E-state index contributed by atoms with van der Waals surface area (Å²) in [5.41, 5.74) is 1.31. The zero-order valence-corrected chi connectivity index (χ0v) is 19.1. The lowest BCUT2D eigenvalue weighted by Crippen LogP contribution is -2.30. The summed E-state index contributed by atoms with van der Waals surface area (Å²) in [5.74, 6) is 2.46. The van der Waals surface area contributed by atoms with E-state index >= 15 is 0 Å². The Kier molecular flexibility index (Phi) is 10.5. The van der Waals surface area contributed by atoms with E-state index < -0.39 is 0 Å². The molecule has 1 aromatic carbocycles. The molecule has 1 saturated carbocycles. The van der Waals surface area contributed by atoms with Crippen molar-refractivity contribution in [1.82, 2.24) is 9.80 Å². The number of fused-ring (bicyclic) bond motifs is 1. The molecule has 4 rings (SSSR count). The van der Waals surface area contributed by atoms with Crippen molar-refractivity contribution < 1.29 is 9.84 Å². The Labute approximate surface area is 188 Å². The molecule has 3 aliphatic rings. The second-order valence-electron chi connectivity index (χ2n) is 8.91. The largest absolute Gasteiger partial charge is 0.493 e. The third-order valence-corrected chi connectivity index (χ3v) is 6.74. The first kappa shape index (κ1) is 24.7. The van der Waals surface area contributed by atoms with Crippen molar-refractivity contribution in [2.45, 2.75) is 57.6 Å². The van der Waals surface area contributed by atoms with Crippen molar-refractivity contribution in [3.63, 3.8) is 0 Å². The Bertz CT molecular complexity index is 584. The van der Waals surface area contributed by atoms with Gasteiger partial charge < -0.3 is 14.7 Å². The minimum absolute atomic E-state index is 0. The fourth-order valence-electron chi connectivity index (χ4n) is 5.31. The Hall–Kier alpha value is -0.520. The number of hydrogen-bond donors (Lipinski definition) is 1. The van der Waals surface area contributed by atoms with Gasteiger partial charge in [-0.1, -0.05) is 24.6 Å². The first-order valence-corrected chi connectivity index (χ1v) is 11.1. The first-order valence-electron chi connectivity index (χ1n) is 11.1. The number of benzene rings is 1. The zero-order valence-electron chi connectivity index (χ0n) is 17.5. The SMILES string of the molecule is Cl.Cl.OC1C[C@@H]2CN(Cc3ccccc3OCCCCN3CCCCC3)C[C@@H]2C1. The maximum atomic E-state index is 9.84. The van der Waals surface area contributed by atoms with Crippen molar-refractivity contribution in [2.24, 2.45) is 11.8 Å². The van der Waals surface area contributed by atoms with Gasteiger partial charge >= 0.3 is 0 Å². The normalized spacial score (nSPS) is 27.1. The summed E-state index contributed by atoms with van der Waals surface area (Å²) in [6.45, 7) is 7.87. The van der Waals surface area contributed by atoms with E-state index in [0.29, 0.717) is 11.8 Å². The maximum Gasteiger partial charge on any atom is 0.123 e. The molecular weight excluding hydrogens is 407 g/mol. The van der Waals surface area contributed by atoms with Crippen LogP contribution >= 0.6 is 24.8 Å². The number of piperidine rings is 1. The molecule has 6 heteroatoms. The summed E-state index contributed by atoms with van der Waals surface area (Å²) in [6, 6.07) is 8.55. The van der Waals surface area contributed by atoms with Crippen LogP contribution in [0, 0.1) is 11.8 Å². The molecule has 166 valence electrons. The standard InChI is InChI=1S/C23H36N2O2.2ClH/c26-22-14-20-17-25(18-21(20)15-22)16-19-8-2-3-9-23(19)27-13-7-6-12-24-10-4-1-5-11-24;;/h2-3,8-9,20-22,26H,1,4-7,10-18H2;2*1H/t20-,21+,22?;;. The fourth-order valence-corrected chi connectivity index (χ4v) is 5.31. The van der Waals surface area contributed by atoms with Gasteiger partial charge in [0, 0.05) is 25.2 Å². The smallest absolute Gasteiger partial charge is 0.123 e. The topological polar surface area (TPSA) is 35.9 Å². The molecule has 4 nitrogen and oxygen atoms in total. The van der Waals surface area contributed by atoms with Crippen LogP contribution in [-0.2, 0) is 6.54 Å². The Morgan fingerprint density at radius 3 is 2.31 bits per heavy atom. The second-order valence-corrected chi connectivity index (χ2v) is 8.91. The molecule has 29 heavy (non-hydrogen) atoms. The molecule has 0 radical (unpaired) electrons. The van der Waals surface area contributed by atoms with Crippen LogP contribution in [0.4, 0.5) is 0 Å².